The van der Waals surface area contributed by atoms with Gasteiger partial charge < -0.3 is 15.6 Å². The van der Waals surface area contributed by atoms with Crippen molar-refractivity contribution in [3.8, 4) is 0 Å². The molecule has 0 unspecified atom stereocenters. The Morgan fingerprint density at radius 3 is 1.61 bits per heavy atom. The number of hydrogen-bond donors (Lipinski definition) is 2. The third-order valence-electron chi connectivity index (χ3n) is 2.81. The first kappa shape index (κ1) is 28.3. The number of carboxylic acid groups (broad SMARTS) is 1. The van der Waals surface area contributed by atoms with Crippen LogP contribution in [-0.4, -0.2) is 30.6 Å². The third kappa shape index (κ3) is 34.7. The van der Waals surface area contributed by atoms with E-state index < -0.39 is 27.7 Å². The van der Waals surface area contributed by atoms with E-state index in [1.165, 1.54) is 44.9 Å². The van der Waals surface area contributed by atoms with Gasteiger partial charge in [-0.15, -0.1) is 0 Å². The Morgan fingerprint density at radius 1 is 0.957 bits per heavy atom. The van der Waals surface area contributed by atoms with Gasteiger partial charge in [-0.2, -0.15) is 8.42 Å². The molecule has 0 fully saturated rings. The maximum Gasteiger partial charge on any atom is 1.00 e. The molecule has 0 spiro atoms. The summed E-state index contributed by atoms with van der Waals surface area (Å²) in [5, 5.41) is 10.1. The maximum atomic E-state index is 10.1. The number of amides is 1. The Labute approximate surface area is 181 Å². The summed E-state index contributed by atoms with van der Waals surface area (Å²) in [6.45, 7) is 2.22. The number of nitrogens with two attached hydrogens (primary N) is 1. The molecule has 0 aromatic carbocycles. The smallest absolute Gasteiger partial charge is 0.550 e. The molecule has 0 bridgehead atoms. The van der Waals surface area contributed by atoms with E-state index >= 15 is 0 Å². The van der Waals surface area contributed by atoms with E-state index in [4.69, 9.17) is 4.55 Å². The fourth-order valence-electron chi connectivity index (χ4n) is 1.76. The maximum absolute atomic E-state index is 10.1. The number of rotatable bonds is 12. The monoisotopic (exact) mass is 377 g/mol. The van der Waals surface area contributed by atoms with Gasteiger partial charge in [-0.25, -0.2) is 0 Å². The van der Waals surface area contributed by atoms with Crippen LogP contribution in [0.3, 0.4) is 0 Å². The van der Waals surface area contributed by atoms with Gasteiger partial charge in [0.05, 0.1) is 0 Å². The molecule has 132 valence electrons. The molecule has 0 heterocycles. The molecule has 0 saturated carbocycles. The quantitative estimate of drug-likeness (QED) is 0.230. The zero-order valence-electron chi connectivity index (χ0n) is 14.3. The molecule has 0 atom stereocenters. The van der Waals surface area contributed by atoms with Gasteiger partial charge in [0, 0.05) is 5.97 Å². The number of primary amides is 1. The number of carbonyl (C=O) groups excluding carboxylic acids is 2. The van der Waals surface area contributed by atoms with Crippen LogP contribution in [0.5, 0.6) is 0 Å². The number of carbonyl (C=O) groups is 2. The first-order valence-electron chi connectivity index (χ1n) is 7.62. The second kappa shape index (κ2) is 18.8. The van der Waals surface area contributed by atoms with Gasteiger partial charge in [0.2, 0.25) is 5.91 Å². The van der Waals surface area contributed by atoms with Crippen LogP contribution in [-0.2, 0) is 19.7 Å². The van der Waals surface area contributed by atoms with Crippen molar-refractivity contribution in [2.45, 2.75) is 71.1 Å². The van der Waals surface area contributed by atoms with E-state index in [2.05, 4.69) is 12.7 Å². The summed E-state index contributed by atoms with van der Waals surface area (Å²) in [5.41, 5.74) is 4.40. The van der Waals surface area contributed by atoms with Gasteiger partial charge in [0.15, 0.2) is 5.75 Å². The van der Waals surface area contributed by atoms with E-state index in [1.807, 2.05) is 0 Å². The van der Waals surface area contributed by atoms with Crippen LogP contribution in [0.1, 0.15) is 71.1 Å². The van der Waals surface area contributed by atoms with Crippen molar-refractivity contribution < 1.29 is 79.1 Å². The molecule has 0 aliphatic rings. The van der Waals surface area contributed by atoms with E-state index in [-0.39, 0.29) is 57.8 Å². The Bertz CT molecular complexity index is 400. The van der Waals surface area contributed by atoms with Gasteiger partial charge in [-0.3, -0.25) is 9.35 Å². The van der Waals surface area contributed by atoms with E-state index in [1.54, 1.807) is 0 Å². The van der Waals surface area contributed by atoms with Crippen LogP contribution in [0.2, 0.25) is 0 Å². The van der Waals surface area contributed by atoms with Crippen molar-refractivity contribution in [1.82, 2.24) is 0 Å². The van der Waals surface area contributed by atoms with Gasteiger partial charge in [0.25, 0.3) is 10.1 Å². The molecule has 0 aliphatic carbocycles. The Morgan fingerprint density at radius 2 is 1.35 bits per heavy atom. The minimum atomic E-state index is -4.20. The van der Waals surface area contributed by atoms with Crippen molar-refractivity contribution in [2.75, 3.05) is 5.75 Å². The van der Waals surface area contributed by atoms with Gasteiger partial charge >= 0.3 is 51.4 Å². The SMILES string of the molecule is CCCCCCCCCCCC(=O)[O-].NC(=O)CS(=O)(=O)O.[K+]. The summed E-state index contributed by atoms with van der Waals surface area (Å²) >= 11 is 0. The van der Waals surface area contributed by atoms with E-state index in [0.29, 0.717) is 0 Å². The summed E-state index contributed by atoms with van der Waals surface area (Å²) in [6.07, 6.45) is 11.2. The van der Waals surface area contributed by atoms with Crippen LogP contribution >= 0.6 is 0 Å². The Hall–Kier alpha value is 0.486. The molecule has 0 saturated heterocycles. The molecule has 0 aromatic heterocycles. The molecule has 0 radical (unpaired) electrons. The molecular weight excluding hydrogens is 349 g/mol. The fraction of sp³-hybridized carbons (Fsp3) is 0.857. The number of unbranched alkanes of at least 4 members (excludes halogenated alkanes) is 8. The molecule has 7 nitrogen and oxygen atoms in total. The molecule has 0 aliphatic heterocycles. The van der Waals surface area contributed by atoms with Crippen molar-refractivity contribution in [1.29, 1.82) is 0 Å². The zero-order chi connectivity index (χ0) is 17.4. The molecule has 0 rings (SSSR count). The predicted octanol–water partition coefficient (Wildman–Crippen LogP) is -1.98. The van der Waals surface area contributed by atoms with Crippen molar-refractivity contribution >= 4 is 22.0 Å². The predicted molar refractivity (Wildman–Crippen MR) is 82.5 cm³/mol. The molecule has 1 amide bonds. The fourth-order valence-corrected chi connectivity index (χ4v) is 2.12. The molecule has 23 heavy (non-hydrogen) atoms. The summed E-state index contributed by atoms with van der Waals surface area (Å²) in [7, 11) is -4.20. The van der Waals surface area contributed by atoms with Crippen molar-refractivity contribution in [3.05, 3.63) is 0 Å². The van der Waals surface area contributed by atoms with Gasteiger partial charge in [0.1, 0.15) is 0 Å². The van der Waals surface area contributed by atoms with E-state index in [0.717, 1.165) is 12.8 Å². The van der Waals surface area contributed by atoms with Crippen molar-refractivity contribution in [2.24, 2.45) is 5.73 Å². The standard InChI is InChI=1S/C12H24O2.C2H5NO4S.K/c1-2-3-4-5-6-7-8-9-10-11-12(13)14;3-2(4)1-8(5,6)7;/h2-11H2,1H3,(H,13,14);1H2,(H2,3,4)(H,5,6,7);/q;;+1/p-1. The van der Waals surface area contributed by atoms with Gasteiger partial charge in [-0.05, 0) is 12.8 Å². The zero-order valence-corrected chi connectivity index (χ0v) is 18.2. The summed E-state index contributed by atoms with van der Waals surface area (Å²) in [6, 6.07) is 0. The first-order chi connectivity index (χ1) is 10.2. The summed E-state index contributed by atoms with van der Waals surface area (Å²) in [5.74, 6) is -2.98. The number of carboxylic acids is 1. The Balaban J connectivity index is -0.000000382. The van der Waals surface area contributed by atoms with Crippen LogP contribution in [0.4, 0.5) is 0 Å². The summed E-state index contributed by atoms with van der Waals surface area (Å²) < 4.78 is 27.3. The first-order valence-corrected chi connectivity index (χ1v) is 9.23. The largest absolute Gasteiger partial charge is 1.00 e. The van der Waals surface area contributed by atoms with Crippen LogP contribution in [0, 0.1) is 0 Å². The Kier molecular flexibility index (Phi) is 23.2. The molecule has 0 aromatic rings. The normalized spacial score (nSPS) is 10.2. The molecular formula is C14H28KNO6S. The van der Waals surface area contributed by atoms with Gasteiger partial charge in [-0.1, -0.05) is 58.3 Å². The third-order valence-corrected chi connectivity index (χ3v) is 3.46. The average molecular weight is 378 g/mol. The number of aliphatic carboxylic acids is 1. The van der Waals surface area contributed by atoms with Crippen LogP contribution in [0.25, 0.3) is 0 Å². The van der Waals surface area contributed by atoms with Crippen LogP contribution < -0.4 is 62.2 Å². The summed E-state index contributed by atoms with van der Waals surface area (Å²) in [4.78, 5) is 19.8. The second-order valence-corrected chi connectivity index (χ2v) is 6.60. The molecule has 3 N–H and O–H groups in total. The van der Waals surface area contributed by atoms with Crippen molar-refractivity contribution in [3.63, 3.8) is 0 Å². The average Bonchev–Trinajstić information content (AvgIpc) is 2.34. The van der Waals surface area contributed by atoms with Crippen LogP contribution in [0.15, 0.2) is 0 Å². The second-order valence-electron chi connectivity index (χ2n) is 5.14. The number of hydrogen-bond acceptors (Lipinski definition) is 5. The molecule has 9 heteroatoms. The minimum Gasteiger partial charge on any atom is -0.550 e. The topological polar surface area (TPSA) is 138 Å². The van der Waals surface area contributed by atoms with E-state index in [9.17, 15) is 23.1 Å². The minimum absolute atomic E-state index is 0.